The van der Waals surface area contributed by atoms with Gasteiger partial charge in [0.1, 0.15) is 0 Å². The van der Waals surface area contributed by atoms with Gasteiger partial charge in [-0.2, -0.15) is 0 Å². The van der Waals surface area contributed by atoms with Crippen molar-refractivity contribution < 1.29 is 9.59 Å². The number of hydrogen-bond donors (Lipinski definition) is 0. The number of fused-ring (bicyclic) bond motifs is 2. The monoisotopic (exact) mass is 166 g/mol. The van der Waals surface area contributed by atoms with Crippen LogP contribution in [0.2, 0.25) is 0 Å². The first-order valence-electron chi connectivity index (χ1n) is 4.45. The third kappa shape index (κ3) is 0.706. The lowest BCUT2D eigenvalue weighted by atomic mass is 9.72. The molecule has 2 nitrogen and oxygen atoms in total. The highest BCUT2D eigenvalue weighted by atomic mass is 16.2. The van der Waals surface area contributed by atoms with E-state index in [4.69, 9.17) is 0 Å². The predicted molar refractivity (Wildman–Crippen MR) is 44.6 cm³/mol. The van der Waals surface area contributed by atoms with Gasteiger partial charge < -0.3 is 0 Å². The Hall–Kier alpha value is -0.660. The van der Waals surface area contributed by atoms with E-state index in [-0.39, 0.29) is 28.3 Å². The minimum atomic E-state index is -0.314. The molecule has 0 heterocycles. The van der Waals surface area contributed by atoms with E-state index >= 15 is 0 Å². The summed E-state index contributed by atoms with van der Waals surface area (Å²) >= 11 is 0. The SMILES string of the molecule is CC12CC(C(=O)C1=O)C(C)(C)C2. The molecule has 2 aliphatic carbocycles. The number of Topliss-reactive ketones (excluding diaryl/α,β-unsaturated/α-hetero) is 2. The molecule has 66 valence electrons. The van der Waals surface area contributed by atoms with Crippen LogP contribution in [0.4, 0.5) is 0 Å². The van der Waals surface area contributed by atoms with Crippen LogP contribution in [-0.4, -0.2) is 11.6 Å². The van der Waals surface area contributed by atoms with Gasteiger partial charge in [0.05, 0.1) is 0 Å². The summed E-state index contributed by atoms with van der Waals surface area (Å²) in [5.74, 6) is -0.226. The molecular weight excluding hydrogens is 152 g/mol. The molecule has 0 amide bonds. The van der Waals surface area contributed by atoms with Gasteiger partial charge >= 0.3 is 0 Å². The summed E-state index contributed by atoms with van der Waals surface area (Å²) in [7, 11) is 0. The maximum absolute atomic E-state index is 11.4. The van der Waals surface area contributed by atoms with Crippen LogP contribution in [0.3, 0.4) is 0 Å². The molecule has 0 N–H and O–H groups in total. The van der Waals surface area contributed by atoms with Gasteiger partial charge in [0, 0.05) is 11.3 Å². The Labute approximate surface area is 72.3 Å². The Bertz CT molecular complexity index is 278. The molecule has 0 aromatic carbocycles. The van der Waals surface area contributed by atoms with Gasteiger partial charge in [-0.25, -0.2) is 0 Å². The van der Waals surface area contributed by atoms with Gasteiger partial charge in [0.25, 0.3) is 0 Å². The van der Waals surface area contributed by atoms with Crippen molar-refractivity contribution in [2.45, 2.75) is 33.6 Å². The predicted octanol–water partition coefficient (Wildman–Crippen LogP) is 1.58. The summed E-state index contributed by atoms with van der Waals surface area (Å²) in [4.78, 5) is 22.9. The molecule has 0 spiro atoms. The Balaban J connectivity index is 2.46. The first kappa shape index (κ1) is 7.96. The molecule has 2 aliphatic rings. The minimum Gasteiger partial charge on any atom is -0.291 e. The fourth-order valence-electron chi connectivity index (χ4n) is 3.00. The summed E-state index contributed by atoms with van der Waals surface area (Å²) in [6, 6.07) is 0. The average Bonchev–Trinajstić information content (AvgIpc) is 2.27. The molecule has 2 atom stereocenters. The molecule has 2 bridgehead atoms. The molecule has 0 aromatic rings. The molecule has 12 heavy (non-hydrogen) atoms. The Kier molecular flexibility index (Phi) is 1.20. The highest BCUT2D eigenvalue weighted by Gasteiger charge is 2.62. The molecule has 2 heteroatoms. The third-order valence-corrected chi connectivity index (χ3v) is 3.53. The number of rotatable bonds is 0. The maximum Gasteiger partial charge on any atom is 0.204 e. The van der Waals surface area contributed by atoms with E-state index in [1.807, 2.05) is 6.92 Å². The topological polar surface area (TPSA) is 34.1 Å². The van der Waals surface area contributed by atoms with E-state index in [2.05, 4.69) is 13.8 Å². The summed E-state index contributed by atoms with van der Waals surface area (Å²) in [5.41, 5.74) is -0.259. The summed E-state index contributed by atoms with van der Waals surface area (Å²) < 4.78 is 0. The molecule has 2 rings (SSSR count). The van der Waals surface area contributed by atoms with Crippen LogP contribution in [0, 0.1) is 16.7 Å². The smallest absolute Gasteiger partial charge is 0.204 e. The van der Waals surface area contributed by atoms with Crippen LogP contribution in [0.15, 0.2) is 0 Å². The van der Waals surface area contributed by atoms with Gasteiger partial charge in [-0.15, -0.1) is 0 Å². The van der Waals surface area contributed by atoms with Gasteiger partial charge in [0.15, 0.2) is 0 Å². The number of carbonyl (C=O) groups is 2. The Morgan fingerprint density at radius 2 is 1.83 bits per heavy atom. The summed E-state index contributed by atoms with van der Waals surface area (Å²) in [6.45, 7) is 6.11. The van der Waals surface area contributed by atoms with E-state index in [9.17, 15) is 9.59 Å². The van der Waals surface area contributed by atoms with Gasteiger partial charge in [-0.3, -0.25) is 9.59 Å². The molecule has 2 unspecified atom stereocenters. The molecular formula is C10H14O2. The Morgan fingerprint density at radius 1 is 1.25 bits per heavy atom. The molecule has 2 fully saturated rings. The molecule has 0 aromatic heterocycles. The zero-order chi connectivity index (χ0) is 9.15. The lowest BCUT2D eigenvalue weighted by molar-refractivity contribution is -0.143. The van der Waals surface area contributed by atoms with E-state index < -0.39 is 0 Å². The van der Waals surface area contributed by atoms with Gasteiger partial charge in [-0.1, -0.05) is 20.8 Å². The van der Waals surface area contributed by atoms with Crippen LogP contribution in [0.1, 0.15) is 33.6 Å². The standard InChI is InChI=1S/C10H14O2/c1-9(2)5-10(3)4-6(9)7(11)8(10)12/h6H,4-5H2,1-3H3. The Morgan fingerprint density at radius 3 is 2.17 bits per heavy atom. The quantitative estimate of drug-likeness (QED) is 0.512. The fraction of sp³-hybridized carbons (Fsp3) is 0.800. The van der Waals surface area contributed by atoms with Crippen molar-refractivity contribution >= 4 is 11.6 Å². The fourth-order valence-corrected chi connectivity index (χ4v) is 3.00. The second-order valence-electron chi connectivity index (χ2n) is 5.18. The van der Waals surface area contributed by atoms with E-state index in [1.54, 1.807) is 0 Å². The van der Waals surface area contributed by atoms with Crippen molar-refractivity contribution in [2.24, 2.45) is 16.7 Å². The van der Waals surface area contributed by atoms with Gasteiger partial charge in [0.2, 0.25) is 11.6 Å². The van der Waals surface area contributed by atoms with Crippen molar-refractivity contribution in [3.8, 4) is 0 Å². The van der Waals surface area contributed by atoms with E-state index in [1.165, 1.54) is 0 Å². The third-order valence-electron chi connectivity index (χ3n) is 3.53. The van der Waals surface area contributed by atoms with Crippen LogP contribution < -0.4 is 0 Å². The molecule has 0 radical (unpaired) electrons. The van der Waals surface area contributed by atoms with Crippen molar-refractivity contribution in [1.82, 2.24) is 0 Å². The number of ketones is 2. The highest BCUT2D eigenvalue weighted by Crippen LogP contribution is 2.58. The zero-order valence-electron chi connectivity index (χ0n) is 7.81. The molecule has 2 saturated carbocycles. The maximum atomic E-state index is 11.4. The van der Waals surface area contributed by atoms with Crippen molar-refractivity contribution in [1.29, 1.82) is 0 Å². The minimum absolute atomic E-state index is 0.00926. The van der Waals surface area contributed by atoms with Crippen molar-refractivity contribution in [2.75, 3.05) is 0 Å². The second kappa shape index (κ2) is 1.81. The van der Waals surface area contributed by atoms with Gasteiger partial charge in [-0.05, 0) is 18.3 Å². The molecule has 0 saturated heterocycles. The number of hydrogen-bond acceptors (Lipinski definition) is 2. The highest BCUT2D eigenvalue weighted by molar-refractivity contribution is 6.42. The van der Waals surface area contributed by atoms with Crippen LogP contribution in [-0.2, 0) is 9.59 Å². The lowest BCUT2D eigenvalue weighted by Crippen LogP contribution is -2.37. The molecule has 0 aliphatic heterocycles. The van der Waals surface area contributed by atoms with Crippen molar-refractivity contribution in [3.63, 3.8) is 0 Å². The summed E-state index contributed by atoms with van der Waals surface area (Å²) in [6.07, 6.45) is 1.67. The van der Waals surface area contributed by atoms with Crippen LogP contribution in [0.25, 0.3) is 0 Å². The lowest BCUT2D eigenvalue weighted by Gasteiger charge is -2.30. The van der Waals surface area contributed by atoms with E-state index in [0.29, 0.717) is 0 Å². The average molecular weight is 166 g/mol. The second-order valence-corrected chi connectivity index (χ2v) is 5.18. The summed E-state index contributed by atoms with van der Waals surface area (Å²) in [5, 5.41) is 0. The normalized spacial score (nSPS) is 44.1. The van der Waals surface area contributed by atoms with E-state index in [0.717, 1.165) is 12.8 Å². The first-order valence-corrected chi connectivity index (χ1v) is 4.45. The number of carbonyl (C=O) groups excluding carboxylic acids is 2. The largest absolute Gasteiger partial charge is 0.291 e. The zero-order valence-corrected chi connectivity index (χ0v) is 7.81. The first-order chi connectivity index (χ1) is 5.37. The van der Waals surface area contributed by atoms with Crippen LogP contribution >= 0.6 is 0 Å². The van der Waals surface area contributed by atoms with Crippen LogP contribution in [0.5, 0.6) is 0 Å². The van der Waals surface area contributed by atoms with Crippen molar-refractivity contribution in [3.05, 3.63) is 0 Å².